The average molecular weight is 369 g/mol. The summed E-state index contributed by atoms with van der Waals surface area (Å²) in [6, 6.07) is 3.15. The number of hydrogen-bond donors (Lipinski definition) is 2. The largest absolute Gasteiger partial charge is 0.398 e. The number of hydrogen-bond acceptors (Lipinski definition) is 4. The first-order valence-corrected chi connectivity index (χ1v) is 9.42. The molecule has 8 heteroatoms. The summed E-state index contributed by atoms with van der Waals surface area (Å²) < 4.78 is 38.7. The van der Waals surface area contributed by atoms with Gasteiger partial charge in [-0.25, -0.2) is 13.1 Å². The average Bonchev–Trinajstić information content (AvgIpc) is 2.30. The molecule has 0 aromatic heterocycles. The Morgan fingerprint density at radius 2 is 2.05 bits per heavy atom. The fraction of sp³-hybridized carbons (Fsp3) is 0.455. The highest BCUT2D eigenvalue weighted by Crippen LogP contribution is 2.26. The Balaban J connectivity index is 3.05. The Kier molecular flexibility index (Phi) is 5.54. The second kappa shape index (κ2) is 6.34. The molecule has 19 heavy (non-hydrogen) atoms. The number of nitrogen functional groups attached to an aromatic ring is 1. The molecule has 0 aliphatic heterocycles. The maximum Gasteiger partial charge on any atom is 0.240 e. The van der Waals surface area contributed by atoms with Crippen LogP contribution in [0.5, 0.6) is 0 Å². The molecule has 1 aromatic carbocycles. The van der Waals surface area contributed by atoms with E-state index < -0.39 is 20.8 Å². The lowest BCUT2D eigenvalue weighted by Gasteiger charge is -2.13. The number of anilines is 1. The summed E-state index contributed by atoms with van der Waals surface area (Å²) in [7, 11) is -4.74. The molecule has 0 heterocycles. The molecule has 0 fully saturated rings. The van der Waals surface area contributed by atoms with Gasteiger partial charge in [0.15, 0.2) is 0 Å². The molecule has 1 rings (SSSR count). The predicted molar refractivity (Wildman–Crippen MR) is 82.0 cm³/mol. The van der Waals surface area contributed by atoms with Crippen LogP contribution in [0.4, 0.5) is 5.69 Å². The summed E-state index contributed by atoms with van der Waals surface area (Å²) in [5, 5.41) is -0.250. The van der Waals surface area contributed by atoms with Crippen molar-refractivity contribution in [3.63, 3.8) is 0 Å². The van der Waals surface area contributed by atoms with Crippen molar-refractivity contribution >= 4 is 42.4 Å². The van der Waals surface area contributed by atoms with Crippen molar-refractivity contribution in [1.82, 2.24) is 4.72 Å². The molecule has 0 aliphatic rings. The van der Waals surface area contributed by atoms with Gasteiger partial charge >= 0.3 is 0 Å². The third kappa shape index (κ3) is 4.27. The molecule has 2 unspecified atom stereocenters. The monoisotopic (exact) mass is 368 g/mol. The normalized spacial score (nSPS) is 15.2. The van der Waals surface area contributed by atoms with Crippen molar-refractivity contribution in [2.45, 2.75) is 24.0 Å². The highest BCUT2D eigenvalue weighted by atomic mass is 79.9. The van der Waals surface area contributed by atoms with Gasteiger partial charge in [0.05, 0.1) is 4.90 Å². The van der Waals surface area contributed by atoms with Gasteiger partial charge in [-0.15, -0.1) is 0 Å². The zero-order chi connectivity index (χ0) is 14.8. The van der Waals surface area contributed by atoms with Crippen LogP contribution in [-0.4, -0.2) is 30.7 Å². The second-order valence-electron chi connectivity index (χ2n) is 4.28. The van der Waals surface area contributed by atoms with Crippen LogP contribution in [0.1, 0.15) is 12.5 Å². The first-order chi connectivity index (χ1) is 8.65. The number of nitrogens with one attached hydrogen (secondary N) is 1. The van der Waals surface area contributed by atoms with Crippen molar-refractivity contribution in [2.24, 2.45) is 0 Å². The van der Waals surface area contributed by atoms with Crippen LogP contribution >= 0.6 is 15.9 Å². The zero-order valence-corrected chi connectivity index (χ0v) is 14.2. The number of nitrogens with two attached hydrogens (primary N) is 1. The lowest BCUT2D eigenvalue weighted by Crippen LogP contribution is -2.33. The van der Waals surface area contributed by atoms with Gasteiger partial charge in [-0.3, -0.25) is 4.21 Å². The fourth-order valence-electron chi connectivity index (χ4n) is 1.38. The lowest BCUT2D eigenvalue weighted by molar-refractivity contribution is 0.580. The van der Waals surface area contributed by atoms with Crippen LogP contribution in [0.2, 0.25) is 0 Å². The minimum atomic E-state index is -3.66. The molecule has 0 spiro atoms. The van der Waals surface area contributed by atoms with E-state index in [0.29, 0.717) is 15.7 Å². The van der Waals surface area contributed by atoms with Gasteiger partial charge in [0, 0.05) is 39.0 Å². The second-order valence-corrected chi connectivity index (χ2v) is 8.73. The molecule has 0 aliphatic carbocycles. The van der Waals surface area contributed by atoms with Crippen LogP contribution in [0.25, 0.3) is 0 Å². The molecule has 0 amide bonds. The molecule has 108 valence electrons. The van der Waals surface area contributed by atoms with Gasteiger partial charge in [-0.1, -0.05) is 15.9 Å². The van der Waals surface area contributed by atoms with Crippen molar-refractivity contribution < 1.29 is 12.6 Å². The van der Waals surface area contributed by atoms with Crippen LogP contribution < -0.4 is 10.5 Å². The Labute approximate surface area is 124 Å². The third-order valence-electron chi connectivity index (χ3n) is 2.78. The summed E-state index contributed by atoms with van der Waals surface area (Å²) >= 11 is 3.22. The standard InChI is InChI=1S/C11H17BrN2O3S2/c1-7(18(3)15)6-14-19(16,17)11-5-9(12)4-10(13)8(11)2/h4-5,7,14H,6,13H2,1-3H3. The van der Waals surface area contributed by atoms with Gasteiger partial charge in [0.1, 0.15) is 0 Å². The van der Waals surface area contributed by atoms with Gasteiger partial charge in [0.25, 0.3) is 0 Å². The summed E-state index contributed by atoms with van der Waals surface area (Å²) in [6.45, 7) is 3.50. The molecule has 1 aromatic rings. The SMILES string of the molecule is Cc1c(N)cc(Br)cc1S(=O)(=O)NCC(C)S(C)=O. The van der Waals surface area contributed by atoms with Crippen molar-refractivity contribution in [2.75, 3.05) is 18.5 Å². The quantitative estimate of drug-likeness (QED) is 0.768. The van der Waals surface area contributed by atoms with Gasteiger partial charge in [0.2, 0.25) is 10.0 Å². The highest BCUT2D eigenvalue weighted by molar-refractivity contribution is 9.10. The minimum Gasteiger partial charge on any atom is -0.398 e. The first kappa shape index (κ1) is 16.6. The van der Waals surface area contributed by atoms with Gasteiger partial charge < -0.3 is 5.73 Å². The van der Waals surface area contributed by atoms with E-state index >= 15 is 0 Å². The molecule has 0 saturated carbocycles. The number of sulfonamides is 1. The van der Waals surface area contributed by atoms with Gasteiger partial charge in [-0.2, -0.15) is 0 Å². The molecule has 5 nitrogen and oxygen atoms in total. The topological polar surface area (TPSA) is 89.3 Å². The van der Waals surface area contributed by atoms with Crippen LogP contribution in [0.15, 0.2) is 21.5 Å². The number of rotatable bonds is 5. The zero-order valence-electron chi connectivity index (χ0n) is 10.9. The number of halogens is 1. The Hall–Kier alpha value is -0.440. The molecule has 0 bridgehead atoms. The summed E-state index contributed by atoms with van der Waals surface area (Å²) in [6.07, 6.45) is 1.54. The number of benzene rings is 1. The fourth-order valence-corrected chi connectivity index (χ4v) is 3.85. The molecular weight excluding hydrogens is 352 g/mol. The maximum atomic E-state index is 12.2. The van der Waals surface area contributed by atoms with Crippen molar-refractivity contribution in [1.29, 1.82) is 0 Å². The highest BCUT2D eigenvalue weighted by Gasteiger charge is 2.20. The van der Waals surface area contributed by atoms with E-state index in [2.05, 4.69) is 20.7 Å². The van der Waals surface area contributed by atoms with Crippen molar-refractivity contribution in [3.05, 3.63) is 22.2 Å². The van der Waals surface area contributed by atoms with Crippen molar-refractivity contribution in [3.8, 4) is 0 Å². The maximum absolute atomic E-state index is 12.2. The molecule has 0 saturated heterocycles. The van der Waals surface area contributed by atoms with E-state index in [1.165, 1.54) is 6.07 Å². The summed E-state index contributed by atoms with van der Waals surface area (Å²) in [5.41, 5.74) is 6.66. The smallest absolute Gasteiger partial charge is 0.240 e. The van der Waals surface area contributed by atoms with E-state index in [1.807, 2.05) is 0 Å². The first-order valence-electron chi connectivity index (χ1n) is 5.52. The van der Waals surface area contributed by atoms with E-state index in [-0.39, 0.29) is 16.7 Å². The minimum absolute atomic E-state index is 0.122. The molecular formula is C11H17BrN2O3S2. The molecule has 3 N–H and O–H groups in total. The van der Waals surface area contributed by atoms with E-state index in [9.17, 15) is 12.6 Å². The van der Waals surface area contributed by atoms with E-state index in [0.717, 1.165) is 0 Å². The summed E-state index contributed by atoms with van der Waals surface area (Å²) in [5.74, 6) is 0. The molecule has 0 radical (unpaired) electrons. The Morgan fingerprint density at radius 3 is 2.58 bits per heavy atom. The predicted octanol–water partition coefficient (Wildman–Crippen LogP) is 1.39. The van der Waals surface area contributed by atoms with E-state index in [4.69, 9.17) is 5.73 Å². The third-order valence-corrected chi connectivity index (χ3v) is 6.09. The van der Waals surface area contributed by atoms with Crippen LogP contribution in [0.3, 0.4) is 0 Å². The molecule has 2 atom stereocenters. The Bertz CT molecular complexity index is 602. The van der Waals surface area contributed by atoms with E-state index in [1.54, 1.807) is 26.2 Å². The van der Waals surface area contributed by atoms with Crippen LogP contribution in [-0.2, 0) is 20.8 Å². The Morgan fingerprint density at radius 1 is 1.47 bits per heavy atom. The lowest BCUT2D eigenvalue weighted by atomic mass is 10.2. The van der Waals surface area contributed by atoms with Gasteiger partial charge in [-0.05, 0) is 31.5 Å². The van der Waals surface area contributed by atoms with Crippen LogP contribution in [0, 0.1) is 6.92 Å². The summed E-state index contributed by atoms with van der Waals surface area (Å²) in [4.78, 5) is 0.133.